The summed E-state index contributed by atoms with van der Waals surface area (Å²) in [6, 6.07) is 0. The summed E-state index contributed by atoms with van der Waals surface area (Å²) in [6.45, 7) is -6.48. The molecule has 0 saturated heterocycles. The maximum absolute atomic E-state index is 7.68. The molecule has 0 bridgehead atoms. The van der Waals surface area contributed by atoms with Crippen LogP contribution in [0.15, 0.2) is 0 Å². The summed E-state index contributed by atoms with van der Waals surface area (Å²) in [5.41, 5.74) is 0. The molecule has 0 aromatic carbocycles. The smallest absolute Gasteiger partial charge is 0.0297 e. The Morgan fingerprint density at radius 2 is 2.62 bits per heavy atom. The van der Waals surface area contributed by atoms with Gasteiger partial charge in [0.25, 0.3) is 0 Å². The van der Waals surface area contributed by atoms with Gasteiger partial charge in [0.1, 0.15) is 0 Å². The summed E-state index contributed by atoms with van der Waals surface area (Å²) in [5.74, 6) is -3.17. The molecule has 0 saturated carbocycles. The molecule has 0 aliphatic heterocycles. The second kappa shape index (κ2) is 5.14. The summed E-state index contributed by atoms with van der Waals surface area (Å²) < 4.78 is 111. The Bertz CT molecular complexity index is 395. The highest BCUT2D eigenvalue weighted by atomic mass is 14.0. The third kappa shape index (κ3) is 6.00. The molecular formula is C8H18. The fraction of sp³-hybridized carbons (Fsp3) is 1.00. The Labute approximate surface area is 74.4 Å². The van der Waals surface area contributed by atoms with Crippen LogP contribution in [-0.2, 0) is 0 Å². The molecule has 1 unspecified atom stereocenters. The lowest BCUT2D eigenvalue weighted by Gasteiger charge is -2.00. The van der Waals surface area contributed by atoms with Crippen molar-refractivity contribution in [1.82, 2.24) is 0 Å². The van der Waals surface area contributed by atoms with E-state index in [1.165, 1.54) is 0 Å². The molecular weight excluding hydrogens is 96.1 g/mol. The van der Waals surface area contributed by atoms with Crippen LogP contribution in [0.3, 0.4) is 0 Å². The van der Waals surface area contributed by atoms with E-state index in [2.05, 4.69) is 0 Å². The Hall–Kier alpha value is 0. The van der Waals surface area contributed by atoms with Gasteiger partial charge in [0.05, 0.1) is 0 Å². The number of hydrogen-bond acceptors (Lipinski definition) is 0. The third-order valence-electron chi connectivity index (χ3n) is 0.375. The summed E-state index contributed by atoms with van der Waals surface area (Å²) in [6.07, 6.45) is -15.5. The molecule has 0 aromatic heterocycles. The predicted octanol–water partition coefficient (Wildman–Crippen LogP) is 3.22. The maximum Gasteiger partial charge on any atom is 0.0297 e. The van der Waals surface area contributed by atoms with E-state index in [1.54, 1.807) is 0 Å². The highest BCUT2D eigenvalue weighted by Gasteiger charge is 1.90. The van der Waals surface area contributed by atoms with Crippen molar-refractivity contribution in [1.29, 1.82) is 0 Å². The second-order valence-electron chi connectivity index (χ2n) is 1.12. The number of hydrogen-bond donors (Lipinski definition) is 0. The normalized spacial score (nSPS) is 55.9. The van der Waals surface area contributed by atoms with Gasteiger partial charge in [0.15, 0.2) is 0 Å². The maximum atomic E-state index is 7.68. The van der Waals surface area contributed by atoms with Crippen molar-refractivity contribution in [3.63, 3.8) is 0 Å². The van der Waals surface area contributed by atoms with Crippen LogP contribution in [-0.4, -0.2) is 0 Å². The third-order valence-corrected chi connectivity index (χ3v) is 0.375. The lowest BCUT2D eigenvalue weighted by molar-refractivity contribution is 0.534. The van der Waals surface area contributed by atoms with Gasteiger partial charge in [-0.3, -0.25) is 0 Å². The van der Waals surface area contributed by atoms with E-state index in [-0.39, 0.29) is 0 Å². The first-order valence-electron chi connectivity index (χ1n) is 9.50. The van der Waals surface area contributed by atoms with Crippen LogP contribution < -0.4 is 0 Å². The van der Waals surface area contributed by atoms with Crippen LogP contribution in [0.5, 0.6) is 0 Å². The Morgan fingerprint density at radius 3 is 3.25 bits per heavy atom. The van der Waals surface area contributed by atoms with Crippen molar-refractivity contribution in [2.75, 3.05) is 0 Å². The highest BCUT2D eigenvalue weighted by Crippen LogP contribution is 2.06. The van der Waals surface area contributed by atoms with Gasteiger partial charge in [0, 0.05) is 20.6 Å². The Balaban J connectivity index is 6.37. The van der Waals surface area contributed by atoms with Crippen LogP contribution in [0.4, 0.5) is 0 Å². The van der Waals surface area contributed by atoms with E-state index in [9.17, 15) is 0 Å². The minimum Gasteiger partial charge on any atom is -0.0654 e. The van der Waals surface area contributed by atoms with Crippen molar-refractivity contribution < 1.29 is 20.6 Å². The van der Waals surface area contributed by atoms with Crippen molar-refractivity contribution >= 4 is 0 Å². The van der Waals surface area contributed by atoms with Gasteiger partial charge in [0.2, 0.25) is 0 Å². The van der Waals surface area contributed by atoms with E-state index in [1.807, 2.05) is 0 Å². The summed E-state index contributed by atoms with van der Waals surface area (Å²) >= 11 is 0. The average molecular weight is 129 g/mol. The largest absolute Gasteiger partial charge is 0.0654 e. The highest BCUT2D eigenvalue weighted by molar-refractivity contribution is 4.44. The molecule has 0 fully saturated rings. The molecule has 0 nitrogen and oxygen atoms in total. The monoisotopic (exact) mass is 129 g/mol. The van der Waals surface area contributed by atoms with Gasteiger partial charge in [-0.2, -0.15) is 0 Å². The molecule has 0 amide bonds. The van der Waals surface area contributed by atoms with Crippen molar-refractivity contribution in [3.05, 3.63) is 0 Å². The lowest BCUT2D eigenvalue weighted by Crippen LogP contribution is -1.85. The first-order valence-corrected chi connectivity index (χ1v) is 2.00. The first kappa shape index (κ1) is 0.810. The van der Waals surface area contributed by atoms with E-state index in [0.29, 0.717) is 6.92 Å². The van der Waals surface area contributed by atoms with Crippen molar-refractivity contribution in [2.24, 2.45) is 5.89 Å². The van der Waals surface area contributed by atoms with Gasteiger partial charge in [-0.25, -0.2) is 0 Å². The average Bonchev–Trinajstić information content (AvgIpc) is 2.24. The molecule has 0 aliphatic rings. The van der Waals surface area contributed by atoms with Gasteiger partial charge in [-0.15, -0.1) is 0 Å². The SMILES string of the molecule is [2H]C([2H])([2H])C([2H])([2H])C([2H])([2H])C([2H])([2H])C([2H])([2H])C([2H])(C)C([2H])([2H])[2H]. The lowest BCUT2D eigenvalue weighted by atomic mass is 10.1. The molecule has 0 N–H and O–H groups in total. The fourth-order valence-electron chi connectivity index (χ4n) is 0.156. The van der Waals surface area contributed by atoms with Gasteiger partial charge in [-0.05, 0) is 5.89 Å². The zero-order valence-corrected chi connectivity index (χ0v) is 4.50. The summed E-state index contributed by atoms with van der Waals surface area (Å²) in [7, 11) is 0. The van der Waals surface area contributed by atoms with Crippen LogP contribution in [0.1, 0.15) is 66.7 Å². The van der Waals surface area contributed by atoms with Crippen LogP contribution in [0, 0.1) is 5.89 Å². The minimum absolute atomic E-state index is 0.527. The van der Waals surface area contributed by atoms with Gasteiger partial charge >= 0.3 is 0 Å². The fourth-order valence-corrected chi connectivity index (χ4v) is 0.156. The Morgan fingerprint density at radius 1 is 1.75 bits per heavy atom. The topological polar surface area (TPSA) is 0 Å². The van der Waals surface area contributed by atoms with E-state index >= 15 is 0 Å². The zero-order chi connectivity index (χ0) is 19.5. The summed E-state index contributed by atoms with van der Waals surface area (Å²) in [4.78, 5) is 0. The molecule has 0 heterocycles. The van der Waals surface area contributed by atoms with Crippen molar-refractivity contribution in [2.45, 2.75) is 46.1 Å². The minimum atomic E-state index is -3.96. The first-order chi connectivity index (χ1) is 9.50. The molecule has 0 aromatic rings. The van der Waals surface area contributed by atoms with E-state index in [0.717, 1.165) is 0 Å². The van der Waals surface area contributed by atoms with Crippen LogP contribution in [0.2, 0.25) is 0 Å². The van der Waals surface area contributed by atoms with Crippen LogP contribution in [0.25, 0.3) is 0 Å². The molecule has 0 spiro atoms. The molecule has 0 rings (SSSR count). The van der Waals surface area contributed by atoms with Gasteiger partial charge < -0.3 is 0 Å². The predicted molar refractivity (Wildman–Crippen MR) is 39.0 cm³/mol. The quantitative estimate of drug-likeness (QED) is 0.547. The van der Waals surface area contributed by atoms with Crippen molar-refractivity contribution in [3.8, 4) is 0 Å². The summed E-state index contributed by atoms with van der Waals surface area (Å²) in [5, 5.41) is 0. The molecule has 50 valence electrons. The Kier molecular flexibility index (Phi) is 0.521. The standard InChI is InChI=1S/C8H18/c1-4-5-6-7-8(2)3/h8H,4-7H2,1-3H3/i1D3,2D3,4D2,5D2,6D2,7D2,8D. The molecule has 0 heteroatoms. The van der Waals surface area contributed by atoms with Gasteiger partial charge in [-0.1, -0.05) is 46.1 Å². The van der Waals surface area contributed by atoms with E-state index in [4.69, 9.17) is 20.6 Å². The van der Waals surface area contributed by atoms with E-state index < -0.39 is 45.1 Å². The molecule has 0 radical (unpaired) electrons. The molecule has 8 heavy (non-hydrogen) atoms. The molecule has 1 atom stereocenters. The molecule has 0 aliphatic carbocycles. The second-order valence-corrected chi connectivity index (χ2v) is 1.12. The number of rotatable bonds is 4. The van der Waals surface area contributed by atoms with Crippen LogP contribution >= 0.6 is 0 Å². The zero-order valence-electron chi connectivity index (χ0n) is 19.5.